The van der Waals surface area contributed by atoms with E-state index in [-0.39, 0.29) is 6.23 Å². The van der Waals surface area contributed by atoms with Crippen LogP contribution in [0.5, 0.6) is 0 Å². The van der Waals surface area contributed by atoms with Gasteiger partial charge in [-0.05, 0) is 30.5 Å². The Morgan fingerprint density at radius 2 is 2.13 bits per heavy atom. The van der Waals surface area contributed by atoms with Crippen LogP contribution in [0.25, 0.3) is 0 Å². The standard InChI is InChI=1S/C10H9ClN2OS/c11-8-4-1-7(2-5-8)3-6-9-10-13(14-10)15-12-9/h1-2,4-5,10H,3,6H2. The van der Waals surface area contributed by atoms with Gasteiger partial charge in [0.2, 0.25) is 6.23 Å². The first-order valence-electron chi connectivity index (χ1n) is 4.77. The van der Waals surface area contributed by atoms with Crippen LogP contribution < -0.4 is 0 Å². The Morgan fingerprint density at radius 1 is 1.33 bits per heavy atom. The van der Waals surface area contributed by atoms with Gasteiger partial charge in [0.1, 0.15) is 0 Å². The Hall–Kier alpha value is -0.550. The number of hydrogen-bond donors (Lipinski definition) is 0. The highest BCUT2D eigenvalue weighted by Crippen LogP contribution is 2.39. The summed E-state index contributed by atoms with van der Waals surface area (Å²) in [5, 5.41) is 0.782. The van der Waals surface area contributed by atoms with Gasteiger partial charge in [0.15, 0.2) is 0 Å². The molecule has 0 bridgehead atoms. The Bertz CT molecular complexity index is 406. The smallest absolute Gasteiger partial charge is 0.207 e. The lowest BCUT2D eigenvalue weighted by Crippen LogP contribution is -2.06. The van der Waals surface area contributed by atoms with Crippen LogP contribution in [-0.4, -0.2) is 16.4 Å². The molecule has 2 atom stereocenters. The van der Waals surface area contributed by atoms with Crippen molar-refractivity contribution in [3.8, 4) is 0 Å². The zero-order valence-corrected chi connectivity index (χ0v) is 9.46. The average Bonchev–Trinajstić information content (AvgIpc) is 2.93. The molecule has 78 valence electrons. The predicted molar refractivity (Wildman–Crippen MR) is 61.5 cm³/mol. The second-order valence-electron chi connectivity index (χ2n) is 3.53. The van der Waals surface area contributed by atoms with E-state index >= 15 is 0 Å². The number of fused-ring (bicyclic) bond motifs is 1. The van der Waals surface area contributed by atoms with Crippen molar-refractivity contribution in [1.82, 2.24) is 4.47 Å². The molecule has 0 N–H and O–H groups in total. The van der Waals surface area contributed by atoms with E-state index in [4.69, 9.17) is 16.4 Å². The maximum Gasteiger partial charge on any atom is 0.207 e. The minimum Gasteiger partial charge on any atom is -0.255 e. The van der Waals surface area contributed by atoms with Crippen molar-refractivity contribution in [1.29, 1.82) is 0 Å². The molecule has 0 amide bonds. The third-order valence-corrected chi connectivity index (χ3v) is 3.46. The maximum atomic E-state index is 5.82. The van der Waals surface area contributed by atoms with Gasteiger partial charge in [-0.1, -0.05) is 28.2 Å². The molecule has 2 aliphatic heterocycles. The summed E-state index contributed by atoms with van der Waals surface area (Å²) in [6.45, 7) is 0. The number of aryl methyl sites for hydroxylation is 1. The van der Waals surface area contributed by atoms with E-state index in [1.165, 1.54) is 17.7 Å². The summed E-state index contributed by atoms with van der Waals surface area (Å²) in [7, 11) is 0. The molecule has 1 aromatic carbocycles. The zero-order valence-electron chi connectivity index (χ0n) is 7.89. The van der Waals surface area contributed by atoms with Gasteiger partial charge in [-0.25, -0.2) is 4.40 Å². The van der Waals surface area contributed by atoms with Crippen molar-refractivity contribution in [3.05, 3.63) is 34.9 Å². The van der Waals surface area contributed by atoms with Crippen LogP contribution in [0.4, 0.5) is 0 Å². The van der Waals surface area contributed by atoms with Gasteiger partial charge in [-0.15, -0.1) is 0 Å². The summed E-state index contributed by atoms with van der Waals surface area (Å²) >= 11 is 7.21. The van der Waals surface area contributed by atoms with Gasteiger partial charge in [0.25, 0.3) is 0 Å². The fraction of sp³-hybridized carbons (Fsp3) is 0.300. The number of benzene rings is 1. The van der Waals surface area contributed by atoms with E-state index in [1.54, 1.807) is 4.47 Å². The molecule has 3 rings (SSSR count). The minimum absolute atomic E-state index is 0.155. The molecular formula is C10H9ClN2OS. The predicted octanol–water partition coefficient (Wildman–Crippen LogP) is 2.86. The highest BCUT2D eigenvalue weighted by atomic mass is 35.5. The molecule has 2 heterocycles. The average molecular weight is 241 g/mol. The molecule has 0 saturated carbocycles. The fourth-order valence-electron chi connectivity index (χ4n) is 1.55. The molecule has 15 heavy (non-hydrogen) atoms. The number of halogens is 1. The largest absolute Gasteiger partial charge is 0.255 e. The molecule has 0 aliphatic carbocycles. The monoisotopic (exact) mass is 240 g/mol. The van der Waals surface area contributed by atoms with E-state index < -0.39 is 0 Å². The van der Waals surface area contributed by atoms with Crippen molar-refractivity contribution in [2.24, 2.45) is 4.40 Å². The van der Waals surface area contributed by atoms with Gasteiger partial charge < -0.3 is 0 Å². The molecule has 3 nitrogen and oxygen atoms in total. The Morgan fingerprint density at radius 3 is 2.73 bits per heavy atom. The van der Waals surface area contributed by atoms with Crippen molar-refractivity contribution in [3.63, 3.8) is 0 Å². The molecule has 0 radical (unpaired) electrons. The van der Waals surface area contributed by atoms with Crippen LogP contribution in [0.2, 0.25) is 5.02 Å². The van der Waals surface area contributed by atoms with E-state index in [0.29, 0.717) is 0 Å². The maximum absolute atomic E-state index is 5.82. The zero-order chi connectivity index (χ0) is 10.3. The van der Waals surface area contributed by atoms with Crippen molar-refractivity contribution >= 4 is 29.4 Å². The number of nitrogens with zero attached hydrogens (tertiary/aromatic N) is 2. The van der Waals surface area contributed by atoms with Crippen molar-refractivity contribution < 1.29 is 4.84 Å². The normalized spacial score (nSPS) is 27.4. The van der Waals surface area contributed by atoms with Crippen LogP contribution in [-0.2, 0) is 11.3 Å². The summed E-state index contributed by atoms with van der Waals surface area (Å²) in [5.74, 6) is 0. The molecule has 2 aliphatic rings. The fourth-order valence-corrected chi connectivity index (χ4v) is 2.37. The van der Waals surface area contributed by atoms with Gasteiger partial charge in [-0.3, -0.25) is 4.84 Å². The molecule has 0 aromatic heterocycles. The van der Waals surface area contributed by atoms with Gasteiger partial charge >= 0.3 is 0 Å². The van der Waals surface area contributed by atoms with Crippen molar-refractivity contribution in [2.45, 2.75) is 19.1 Å². The second kappa shape index (κ2) is 3.79. The Kier molecular flexibility index (Phi) is 2.44. The lowest BCUT2D eigenvalue weighted by molar-refractivity contribution is 0.307. The minimum atomic E-state index is 0.155. The van der Waals surface area contributed by atoms with Gasteiger partial charge in [-0.2, -0.15) is 0 Å². The molecule has 2 unspecified atom stereocenters. The van der Waals surface area contributed by atoms with Gasteiger partial charge in [0, 0.05) is 5.02 Å². The summed E-state index contributed by atoms with van der Waals surface area (Å²) in [6, 6.07) is 7.94. The topological polar surface area (TPSA) is 27.9 Å². The lowest BCUT2D eigenvalue weighted by Gasteiger charge is -2.00. The van der Waals surface area contributed by atoms with E-state index in [0.717, 1.165) is 23.6 Å². The van der Waals surface area contributed by atoms with Crippen molar-refractivity contribution in [2.75, 3.05) is 0 Å². The Labute approximate surface area is 97.3 Å². The quantitative estimate of drug-likeness (QED) is 0.601. The molecule has 1 aromatic rings. The second-order valence-corrected chi connectivity index (χ2v) is 4.68. The van der Waals surface area contributed by atoms with Crippen LogP contribution in [0.3, 0.4) is 0 Å². The number of hydroxylamine groups is 1. The molecule has 1 saturated heterocycles. The Balaban J connectivity index is 1.59. The molecule has 1 fully saturated rings. The number of rotatable bonds is 3. The van der Waals surface area contributed by atoms with E-state index in [9.17, 15) is 0 Å². The first-order chi connectivity index (χ1) is 7.33. The SMILES string of the molecule is Clc1ccc(CCC2=NSN3OC23)cc1. The van der Waals surface area contributed by atoms with Crippen LogP contribution in [0, 0.1) is 0 Å². The first-order valence-corrected chi connectivity index (χ1v) is 5.88. The number of hydrogen-bond acceptors (Lipinski definition) is 4. The summed E-state index contributed by atoms with van der Waals surface area (Å²) in [6.07, 6.45) is 2.10. The summed E-state index contributed by atoms with van der Waals surface area (Å²) < 4.78 is 6.11. The molecule has 5 heteroatoms. The highest BCUT2D eigenvalue weighted by Gasteiger charge is 2.46. The lowest BCUT2D eigenvalue weighted by atomic mass is 10.1. The summed E-state index contributed by atoms with van der Waals surface area (Å²) in [5.41, 5.74) is 2.42. The van der Waals surface area contributed by atoms with Gasteiger partial charge in [0.05, 0.1) is 17.8 Å². The molecule has 0 spiro atoms. The van der Waals surface area contributed by atoms with Crippen LogP contribution >= 0.6 is 23.7 Å². The summed E-state index contributed by atoms with van der Waals surface area (Å²) in [4.78, 5) is 5.22. The van der Waals surface area contributed by atoms with E-state index in [1.807, 2.05) is 12.1 Å². The van der Waals surface area contributed by atoms with Crippen LogP contribution in [0.1, 0.15) is 12.0 Å². The van der Waals surface area contributed by atoms with Crippen LogP contribution in [0.15, 0.2) is 28.7 Å². The highest BCUT2D eigenvalue weighted by molar-refractivity contribution is 7.96. The third kappa shape index (κ3) is 2.03. The third-order valence-electron chi connectivity index (χ3n) is 2.46. The molecular weight excluding hydrogens is 232 g/mol. The van der Waals surface area contributed by atoms with E-state index in [2.05, 4.69) is 16.5 Å². The first kappa shape index (κ1) is 9.66.